The zero-order valence-electron chi connectivity index (χ0n) is 17.5. The lowest BCUT2D eigenvalue weighted by atomic mass is 9.99. The molecule has 0 bridgehead atoms. The maximum atomic E-state index is 12.5. The summed E-state index contributed by atoms with van der Waals surface area (Å²) in [5, 5.41) is 12.0. The van der Waals surface area contributed by atoms with Gasteiger partial charge in [0.2, 0.25) is 0 Å². The zero-order valence-corrected chi connectivity index (χ0v) is 19.1. The van der Waals surface area contributed by atoms with E-state index in [1.165, 1.54) is 12.1 Å². The van der Waals surface area contributed by atoms with Crippen LogP contribution in [0.1, 0.15) is 31.2 Å². The minimum atomic E-state index is -2.89. The van der Waals surface area contributed by atoms with Crippen LogP contribution in [0.5, 0.6) is 17.2 Å². The van der Waals surface area contributed by atoms with Crippen molar-refractivity contribution in [2.24, 2.45) is 0 Å². The van der Waals surface area contributed by atoms with Gasteiger partial charge < -0.3 is 36.3 Å². The number of hydrogen-bond donors (Lipinski definition) is 1. The molecule has 2 aromatic carbocycles. The minimum Gasteiger partial charge on any atom is -1.00 e. The Morgan fingerprint density at radius 2 is 1.75 bits per heavy atom. The molecule has 5 rings (SSSR count). The van der Waals surface area contributed by atoms with Crippen LogP contribution in [0.4, 0.5) is 14.5 Å². The van der Waals surface area contributed by atoms with Crippen LogP contribution in [0.15, 0.2) is 42.5 Å². The van der Waals surface area contributed by atoms with Crippen molar-refractivity contribution in [2.75, 3.05) is 31.2 Å². The topological polar surface area (TPSA) is 54.2 Å². The Kier molecular flexibility index (Phi) is 6.57. The number of benzene rings is 2. The van der Waals surface area contributed by atoms with Crippen LogP contribution in [-0.4, -0.2) is 48.4 Å². The van der Waals surface area contributed by atoms with Crippen LogP contribution in [-0.2, 0) is 5.72 Å². The van der Waals surface area contributed by atoms with E-state index in [1.807, 2.05) is 23.1 Å². The molecule has 2 aromatic rings. The van der Waals surface area contributed by atoms with Gasteiger partial charge in [-0.15, -0.1) is 0 Å². The molecule has 3 aliphatic heterocycles. The second kappa shape index (κ2) is 9.23. The molecule has 0 fully saturated rings. The molecule has 1 unspecified atom stereocenters. The summed E-state index contributed by atoms with van der Waals surface area (Å²) >= 11 is 0. The normalized spacial score (nSPS) is 22.3. The van der Waals surface area contributed by atoms with Crippen LogP contribution in [0.3, 0.4) is 0 Å². The van der Waals surface area contributed by atoms with Crippen molar-refractivity contribution in [3.8, 4) is 17.2 Å². The van der Waals surface area contributed by atoms with E-state index in [-0.39, 0.29) is 22.7 Å². The summed E-state index contributed by atoms with van der Waals surface area (Å²) in [6.07, 6.45) is 4.11. The molecule has 0 aliphatic carbocycles. The number of aliphatic hydroxyl groups is 1. The Hall–Kier alpha value is -2.39. The molecule has 1 atom stereocenters. The van der Waals surface area contributed by atoms with Gasteiger partial charge in [0.15, 0.2) is 18.0 Å². The molecule has 3 aliphatic rings. The van der Waals surface area contributed by atoms with Gasteiger partial charge in [0.25, 0.3) is 11.6 Å². The Morgan fingerprint density at radius 3 is 2.50 bits per heavy atom. The highest BCUT2D eigenvalue weighted by atomic mass is 79.9. The number of anilines is 1. The quantitative estimate of drug-likeness (QED) is 0.614. The van der Waals surface area contributed by atoms with Crippen LogP contribution in [0, 0.1) is 0 Å². The maximum absolute atomic E-state index is 12.5. The molecule has 6 nitrogen and oxygen atoms in total. The lowest BCUT2D eigenvalue weighted by Crippen LogP contribution is -3.00. The van der Waals surface area contributed by atoms with Gasteiger partial charge in [-0.2, -0.15) is 13.7 Å². The van der Waals surface area contributed by atoms with Crippen LogP contribution >= 0.6 is 0 Å². The molecular formula is C23H25BrF2N2O4. The lowest BCUT2D eigenvalue weighted by Gasteiger charge is -2.30. The SMILES string of the molecule is OC1(c2ccc(OC(F)F)cc2)C[N+]2=C(CCCCC2)N1c1ccc2c(c1)OCCO2.[Br-]. The lowest BCUT2D eigenvalue weighted by molar-refractivity contribution is -0.534. The summed E-state index contributed by atoms with van der Waals surface area (Å²) in [5.41, 5.74) is 0.0726. The third-order valence-corrected chi connectivity index (χ3v) is 6.06. The Balaban J connectivity index is 0.00000245. The van der Waals surface area contributed by atoms with E-state index in [9.17, 15) is 13.9 Å². The summed E-state index contributed by atoms with van der Waals surface area (Å²) in [5.74, 6) is 2.46. The second-order valence-electron chi connectivity index (χ2n) is 8.03. The van der Waals surface area contributed by atoms with Gasteiger partial charge in [0.1, 0.15) is 24.7 Å². The van der Waals surface area contributed by atoms with E-state index >= 15 is 0 Å². The monoisotopic (exact) mass is 510 g/mol. The smallest absolute Gasteiger partial charge is 0.387 e. The number of rotatable bonds is 4. The van der Waals surface area contributed by atoms with Gasteiger partial charge in [-0.25, -0.2) is 0 Å². The molecule has 9 heteroatoms. The summed E-state index contributed by atoms with van der Waals surface area (Å²) in [6, 6.07) is 11.9. The molecule has 172 valence electrons. The third kappa shape index (κ3) is 4.15. The van der Waals surface area contributed by atoms with Crippen LogP contribution in [0.2, 0.25) is 0 Å². The first kappa shape index (κ1) is 22.8. The second-order valence-corrected chi connectivity index (χ2v) is 8.03. The van der Waals surface area contributed by atoms with Crippen molar-refractivity contribution in [1.82, 2.24) is 0 Å². The maximum Gasteiger partial charge on any atom is 0.387 e. The van der Waals surface area contributed by atoms with Crippen molar-refractivity contribution in [3.63, 3.8) is 0 Å². The largest absolute Gasteiger partial charge is 1.00 e. The number of amidine groups is 1. The summed E-state index contributed by atoms with van der Waals surface area (Å²) < 4.78 is 43.2. The van der Waals surface area contributed by atoms with Gasteiger partial charge in [0, 0.05) is 18.1 Å². The van der Waals surface area contributed by atoms with Gasteiger partial charge in [-0.05, 0) is 55.7 Å². The van der Waals surface area contributed by atoms with Crippen LogP contribution < -0.4 is 36.1 Å². The molecule has 0 amide bonds. The first-order valence-electron chi connectivity index (χ1n) is 10.6. The number of hydrogen-bond acceptors (Lipinski definition) is 5. The number of ether oxygens (including phenoxy) is 3. The molecule has 0 spiro atoms. The minimum absolute atomic E-state index is 0. The first-order valence-corrected chi connectivity index (χ1v) is 10.6. The van der Waals surface area contributed by atoms with E-state index in [1.54, 1.807) is 12.1 Å². The number of alkyl halides is 2. The van der Waals surface area contributed by atoms with Crippen molar-refractivity contribution >= 4 is 11.5 Å². The average molecular weight is 511 g/mol. The highest BCUT2D eigenvalue weighted by Crippen LogP contribution is 2.42. The standard InChI is InChI=1S/C23H25F2N2O4.BrH/c24-22(25)31-18-8-5-16(6-9-18)23(28)15-26-11-3-1-2-4-21(26)27(23)17-7-10-19-20(14-17)30-13-12-29-19;/h5-10,14,22,28H,1-4,11-13,15H2;1H/q+1;/p-1. The van der Waals surface area contributed by atoms with Gasteiger partial charge >= 0.3 is 6.61 Å². The van der Waals surface area contributed by atoms with E-state index in [2.05, 4.69) is 9.31 Å². The van der Waals surface area contributed by atoms with Crippen LogP contribution in [0.25, 0.3) is 0 Å². The highest BCUT2D eigenvalue weighted by molar-refractivity contribution is 5.97. The summed E-state index contributed by atoms with van der Waals surface area (Å²) in [6.45, 7) is -0.632. The molecule has 0 radical (unpaired) electrons. The van der Waals surface area contributed by atoms with E-state index in [0.29, 0.717) is 36.8 Å². The molecule has 1 N–H and O–H groups in total. The predicted molar refractivity (Wildman–Crippen MR) is 110 cm³/mol. The fourth-order valence-electron chi connectivity index (χ4n) is 4.68. The van der Waals surface area contributed by atoms with Crippen molar-refractivity contribution in [2.45, 2.75) is 38.0 Å². The fraction of sp³-hybridized carbons (Fsp3) is 0.435. The van der Waals surface area contributed by atoms with Gasteiger partial charge in [0.05, 0.1) is 6.54 Å². The zero-order chi connectivity index (χ0) is 21.4. The number of nitrogens with zero attached hydrogens (tertiary/aromatic N) is 2. The van der Waals surface area contributed by atoms with E-state index in [0.717, 1.165) is 43.8 Å². The Labute approximate surface area is 195 Å². The van der Waals surface area contributed by atoms with E-state index in [4.69, 9.17) is 9.47 Å². The molecule has 0 saturated carbocycles. The molecule has 32 heavy (non-hydrogen) atoms. The number of fused-ring (bicyclic) bond motifs is 1. The van der Waals surface area contributed by atoms with Crippen molar-refractivity contribution < 1.29 is 49.7 Å². The summed E-state index contributed by atoms with van der Waals surface area (Å²) in [7, 11) is 0. The highest BCUT2D eigenvalue weighted by Gasteiger charge is 2.54. The summed E-state index contributed by atoms with van der Waals surface area (Å²) in [4.78, 5) is 1.96. The molecule has 0 aromatic heterocycles. The molecule has 0 saturated heterocycles. The third-order valence-electron chi connectivity index (χ3n) is 6.06. The van der Waals surface area contributed by atoms with Crippen molar-refractivity contribution in [1.29, 1.82) is 0 Å². The number of halogens is 3. The average Bonchev–Trinajstić information content (AvgIpc) is 2.89. The van der Waals surface area contributed by atoms with Crippen molar-refractivity contribution in [3.05, 3.63) is 48.0 Å². The predicted octanol–water partition coefficient (Wildman–Crippen LogP) is 0.714. The Morgan fingerprint density at radius 1 is 1.00 bits per heavy atom. The first-order chi connectivity index (χ1) is 15.0. The van der Waals surface area contributed by atoms with Gasteiger partial charge in [-0.3, -0.25) is 4.58 Å². The van der Waals surface area contributed by atoms with E-state index < -0.39 is 12.3 Å². The van der Waals surface area contributed by atoms with Gasteiger partial charge in [-0.1, -0.05) is 0 Å². The molecular weight excluding hydrogens is 486 g/mol. The fourth-order valence-corrected chi connectivity index (χ4v) is 4.68. The Bertz CT molecular complexity index is 1000. The molecule has 3 heterocycles.